The average molecular weight is 405 g/mol. The summed E-state index contributed by atoms with van der Waals surface area (Å²) in [6.45, 7) is 0. The van der Waals surface area contributed by atoms with Crippen molar-refractivity contribution in [3.05, 3.63) is 138 Å². The molecule has 0 heterocycles. The number of rotatable bonds is 7. The van der Waals surface area contributed by atoms with Gasteiger partial charge in [0.15, 0.2) is 5.78 Å². The Morgan fingerprint density at radius 1 is 0.516 bits per heavy atom. The maximum absolute atomic E-state index is 13.7. The van der Waals surface area contributed by atoms with Crippen LogP contribution in [0.2, 0.25) is 0 Å². The molecule has 0 fully saturated rings. The molecule has 2 atom stereocenters. The minimum Gasteiger partial charge on any atom is -0.326 e. The molecule has 152 valence electrons. The predicted molar refractivity (Wildman–Crippen MR) is 124 cm³/mol. The van der Waals surface area contributed by atoms with Crippen molar-refractivity contribution in [1.82, 2.24) is 0 Å². The van der Waals surface area contributed by atoms with E-state index < -0.39 is 11.8 Å². The Kier molecular flexibility index (Phi) is 6.34. The summed E-state index contributed by atoms with van der Waals surface area (Å²) in [5.74, 6) is -1.63. The van der Waals surface area contributed by atoms with Gasteiger partial charge in [0.05, 0.1) is 11.8 Å². The van der Waals surface area contributed by atoms with E-state index in [4.69, 9.17) is 0 Å². The van der Waals surface area contributed by atoms with Crippen molar-refractivity contribution in [1.29, 1.82) is 0 Å². The third-order valence-corrected chi connectivity index (χ3v) is 5.32. The fourth-order valence-corrected chi connectivity index (χ4v) is 3.83. The van der Waals surface area contributed by atoms with Gasteiger partial charge in [-0.25, -0.2) is 0 Å². The smallest absolute Gasteiger partial charge is 0.233 e. The van der Waals surface area contributed by atoms with E-state index in [1.807, 2.05) is 109 Å². The van der Waals surface area contributed by atoms with Crippen molar-refractivity contribution in [2.75, 3.05) is 5.32 Å². The quantitative estimate of drug-likeness (QED) is 0.379. The molecule has 0 aromatic heterocycles. The first-order valence-corrected chi connectivity index (χ1v) is 10.3. The van der Waals surface area contributed by atoms with Gasteiger partial charge in [0, 0.05) is 11.3 Å². The van der Waals surface area contributed by atoms with Crippen LogP contribution in [0.15, 0.2) is 121 Å². The van der Waals surface area contributed by atoms with Crippen molar-refractivity contribution in [2.45, 2.75) is 11.8 Å². The highest BCUT2D eigenvalue weighted by atomic mass is 16.2. The van der Waals surface area contributed by atoms with Gasteiger partial charge in [0.2, 0.25) is 5.91 Å². The molecule has 0 aliphatic carbocycles. The molecule has 31 heavy (non-hydrogen) atoms. The molecular weight excluding hydrogens is 382 g/mol. The minimum absolute atomic E-state index is 0.0798. The van der Waals surface area contributed by atoms with Crippen molar-refractivity contribution in [3.63, 3.8) is 0 Å². The number of nitrogens with one attached hydrogen (secondary N) is 1. The lowest BCUT2D eigenvalue weighted by Crippen LogP contribution is -2.31. The second-order valence-corrected chi connectivity index (χ2v) is 7.36. The first-order valence-electron chi connectivity index (χ1n) is 10.3. The van der Waals surface area contributed by atoms with Crippen LogP contribution in [-0.2, 0) is 4.79 Å². The lowest BCUT2D eigenvalue weighted by molar-refractivity contribution is -0.117. The summed E-state index contributed by atoms with van der Waals surface area (Å²) in [6.07, 6.45) is 0. The third kappa shape index (κ3) is 4.78. The lowest BCUT2D eigenvalue weighted by atomic mass is 9.76. The molecule has 3 heteroatoms. The molecule has 0 bridgehead atoms. The summed E-state index contributed by atoms with van der Waals surface area (Å²) in [7, 11) is 0. The van der Waals surface area contributed by atoms with Crippen molar-refractivity contribution in [3.8, 4) is 0 Å². The maximum Gasteiger partial charge on any atom is 0.233 e. The average Bonchev–Trinajstić information content (AvgIpc) is 2.84. The van der Waals surface area contributed by atoms with E-state index in [9.17, 15) is 9.59 Å². The standard InChI is InChI=1S/C28H23NO2/c30-27(23-17-9-3-10-18-23)25(21-13-5-1-6-14-21)26(22-15-7-2-8-16-22)28(31)29-24-19-11-4-12-20-24/h1-20,25-26H,(H,29,31). The van der Waals surface area contributed by atoms with Crippen LogP contribution in [0.5, 0.6) is 0 Å². The Morgan fingerprint density at radius 2 is 0.935 bits per heavy atom. The summed E-state index contributed by atoms with van der Waals surface area (Å²) in [5.41, 5.74) is 2.90. The Morgan fingerprint density at radius 3 is 1.45 bits per heavy atom. The Balaban J connectivity index is 1.82. The molecule has 4 aromatic carbocycles. The highest BCUT2D eigenvalue weighted by Gasteiger charge is 2.36. The number of hydrogen-bond donors (Lipinski definition) is 1. The van der Waals surface area contributed by atoms with Gasteiger partial charge in [-0.1, -0.05) is 109 Å². The van der Waals surface area contributed by atoms with Gasteiger partial charge in [0.25, 0.3) is 0 Å². The molecule has 0 aliphatic heterocycles. The molecule has 1 N–H and O–H groups in total. The van der Waals surface area contributed by atoms with Gasteiger partial charge in [-0.15, -0.1) is 0 Å². The van der Waals surface area contributed by atoms with Crippen LogP contribution in [0.1, 0.15) is 33.3 Å². The zero-order valence-electron chi connectivity index (χ0n) is 17.0. The first kappa shape index (κ1) is 20.3. The SMILES string of the molecule is O=C(Nc1ccccc1)C(c1ccccc1)C(C(=O)c1ccccc1)c1ccccc1. The number of Topliss-reactive ketones (excluding diaryl/α,β-unsaturated/α-hetero) is 1. The van der Waals surface area contributed by atoms with E-state index >= 15 is 0 Å². The van der Waals surface area contributed by atoms with E-state index in [2.05, 4.69) is 5.32 Å². The van der Waals surface area contributed by atoms with Crippen LogP contribution in [-0.4, -0.2) is 11.7 Å². The second-order valence-electron chi connectivity index (χ2n) is 7.36. The predicted octanol–water partition coefficient (Wildman–Crippen LogP) is 6.08. The summed E-state index contributed by atoms with van der Waals surface area (Å²) < 4.78 is 0. The number of carbonyl (C=O) groups is 2. The van der Waals surface area contributed by atoms with E-state index in [0.29, 0.717) is 11.3 Å². The number of amides is 1. The molecule has 2 unspecified atom stereocenters. The number of benzene rings is 4. The lowest BCUT2D eigenvalue weighted by Gasteiger charge is -2.26. The van der Waals surface area contributed by atoms with E-state index in [-0.39, 0.29) is 11.7 Å². The van der Waals surface area contributed by atoms with Crippen LogP contribution < -0.4 is 5.32 Å². The minimum atomic E-state index is -0.684. The van der Waals surface area contributed by atoms with Gasteiger partial charge in [-0.05, 0) is 23.3 Å². The fraction of sp³-hybridized carbons (Fsp3) is 0.0714. The second kappa shape index (κ2) is 9.68. The molecular formula is C28H23NO2. The van der Waals surface area contributed by atoms with Gasteiger partial charge >= 0.3 is 0 Å². The number of ketones is 1. The molecule has 0 aliphatic rings. The number of para-hydroxylation sites is 1. The zero-order valence-corrected chi connectivity index (χ0v) is 17.0. The molecule has 0 radical (unpaired) electrons. The summed E-state index contributed by atoms with van der Waals surface area (Å²) >= 11 is 0. The van der Waals surface area contributed by atoms with Gasteiger partial charge in [-0.3, -0.25) is 9.59 Å². The number of hydrogen-bond acceptors (Lipinski definition) is 2. The highest BCUT2D eigenvalue weighted by molar-refractivity contribution is 6.07. The van der Waals surface area contributed by atoms with E-state index in [1.165, 1.54) is 0 Å². The number of anilines is 1. The van der Waals surface area contributed by atoms with Crippen molar-refractivity contribution in [2.24, 2.45) is 0 Å². The monoisotopic (exact) mass is 405 g/mol. The molecule has 0 saturated carbocycles. The molecule has 4 rings (SSSR count). The molecule has 0 saturated heterocycles. The summed E-state index contributed by atoms with van der Waals surface area (Å²) in [6, 6.07) is 37.6. The zero-order chi connectivity index (χ0) is 21.5. The van der Waals surface area contributed by atoms with Crippen LogP contribution in [0, 0.1) is 0 Å². The van der Waals surface area contributed by atoms with Crippen LogP contribution in [0.4, 0.5) is 5.69 Å². The van der Waals surface area contributed by atoms with E-state index in [1.54, 1.807) is 12.1 Å². The molecule has 1 amide bonds. The molecule has 3 nitrogen and oxygen atoms in total. The first-order chi connectivity index (χ1) is 15.2. The Bertz CT molecular complexity index is 1130. The molecule has 4 aromatic rings. The normalized spacial score (nSPS) is 12.5. The van der Waals surface area contributed by atoms with Crippen LogP contribution in [0.25, 0.3) is 0 Å². The van der Waals surface area contributed by atoms with Crippen molar-refractivity contribution >= 4 is 17.4 Å². The Labute approximate surface area is 182 Å². The molecule has 0 spiro atoms. The fourth-order valence-electron chi connectivity index (χ4n) is 3.83. The Hall–Kier alpha value is -3.98. The summed E-state index contributed by atoms with van der Waals surface area (Å²) in [4.78, 5) is 27.3. The van der Waals surface area contributed by atoms with Gasteiger partial charge in [0.1, 0.15) is 0 Å². The van der Waals surface area contributed by atoms with Crippen LogP contribution in [0.3, 0.4) is 0 Å². The largest absolute Gasteiger partial charge is 0.326 e. The van der Waals surface area contributed by atoms with Gasteiger partial charge in [-0.2, -0.15) is 0 Å². The highest BCUT2D eigenvalue weighted by Crippen LogP contribution is 2.37. The van der Waals surface area contributed by atoms with E-state index in [0.717, 1.165) is 11.1 Å². The summed E-state index contributed by atoms with van der Waals surface area (Å²) in [5, 5.41) is 3.01. The third-order valence-electron chi connectivity index (χ3n) is 5.32. The number of carbonyl (C=O) groups excluding carboxylic acids is 2. The topological polar surface area (TPSA) is 46.2 Å². The van der Waals surface area contributed by atoms with Crippen LogP contribution >= 0.6 is 0 Å². The maximum atomic E-state index is 13.7. The van der Waals surface area contributed by atoms with Gasteiger partial charge < -0.3 is 5.32 Å². The van der Waals surface area contributed by atoms with Crippen molar-refractivity contribution < 1.29 is 9.59 Å².